The predicted molar refractivity (Wildman–Crippen MR) is 61.8 cm³/mol. The lowest BCUT2D eigenvalue weighted by Crippen LogP contribution is -2.15. The van der Waals surface area contributed by atoms with Gasteiger partial charge < -0.3 is 5.11 Å². The number of rotatable bonds is 6. The molecule has 1 rings (SSSR count). The molecule has 0 saturated heterocycles. The molecular formula is C13H24O2. The van der Waals surface area contributed by atoms with Gasteiger partial charge in [0.15, 0.2) is 0 Å². The average molecular weight is 212 g/mol. The normalized spacial score (nSPS) is 26.5. The van der Waals surface area contributed by atoms with Gasteiger partial charge in [0.1, 0.15) is 0 Å². The smallest absolute Gasteiger partial charge is 0.303 e. The van der Waals surface area contributed by atoms with E-state index in [0.29, 0.717) is 12.3 Å². The summed E-state index contributed by atoms with van der Waals surface area (Å²) < 4.78 is 0. The van der Waals surface area contributed by atoms with Crippen molar-refractivity contribution in [2.75, 3.05) is 0 Å². The molecule has 1 fully saturated rings. The molecule has 0 radical (unpaired) electrons. The van der Waals surface area contributed by atoms with Gasteiger partial charge >= 0.3 is 5.97 Å². The quantitative estimate of drug-likeness (QED) is 0.726. The molecular weight excluding hydrogens is 188 g/mol. The number of carboxylic acids is 1. The lowest BCUT2D eigenvalue weighted by molar-refractivity contribution is -0.137. The standard InChI is InChI=1S/C13H24O2/c1-2-3-4-11-5-7-12(8-6-11)9-10-13(14)15/h11-12H,2-10H2,1H3,(H,14,15)/t11-,12-. The van der Waals surface area contributed by atoms with Gasteiger partial charge in [0.05, 0.1) is 0 Å². The molecule has 0 bridgehead atoms. The van der Waals surface area contributed by atoms with Gasteiger partial charge in [-0.15, -0.1) is 0 Å². The van der Waals surface area contributed by atoms with Crippen LogP contribution in [0.4, 0.5) is 0 Å². The minimum atomic E-state index is -0.636. The van der Waals surface area contributed by atoms with Crippen LogP contribution < -0.4 is 0 Å². The Hall–Kier alpha value is -0.530. The van der Waals surface area contributed by atoms with Crippen molar-refractivity contribution in [2.45, 2.75) is 64.7 Å². The summed E-state index contributed by atoms with van der Waals surface area (Å²) in [6.07, 6.45) is 10.5. The molecule has 0 unspecified atom stereocenters. The number of aliphatic carboxylic acids is 1. The second-order valence-corrected chi connectivity index (χ2v) is 4.96. The predicted octanol–water partition coefficient (Wildman–Crippen LogP) is 3.85. The Labute approximate surface area is 93.1 Å². The van der Waals surface area contributed by atoms with E-state index in [1.807, 2.05) is 0 Å². The first-order valence-corrected chi connectivity index (χ1v) is 6.44. The summed E-state index contributed by atoms with van der Waals surface area (Å²) >= 11 is 0. The first-order chi connectivity index (χ1) is 7.22. The van der Waals surface area contributed by atoms with Gasteiger partial charge in [-0.05, 0) is 18.3 Å². The fourth-order valence-electron chi connectivity index (χ4n) is 2.63. The lowest BCUT2D eigenvalue weighted by atomic mass is 9.78. The molecule has 0 atom stereocenters. The largest absolute Gasteiger partial charge is 0.481 e. The van der Waals surface area contributed by atoms with E-state index in [0.717, 1.165) is 12.3 Å². The van der Waals surface area contributed by atoms with Crippen LogP contribution in [0.15, 0.2) is 0 Å². The first-order valence-electron chi connectivity index (χ1n) is 6.44. The van der Waals surface area contributed by atoms with Crippen molar-refractivity contribution < 1.29 is 9.90 Å². The van der Waals surface area contributed by atoms with Crippen molar-refractivity contribution in [3.05, 3.63) is 0 Å². The Balaban J connectivity index is 2.09. The third-order valence-electron chi connectivity index (χ3n) is 3.70. The average Bonchev–Trinajstić information content (AvgIpc) is 2.25. The van der Waals surface area contributed by atoms with Gasteiger partial charge in [-0.3, -0.25) is 4.79 Å². The molecule has 2 nitrogen and oxygen atoms in total. The molecule has 1 aliphatic carbocycles. The zero-order chi connectivity index (χ0) is 11.1. The van der Waals surface area contributed by atoms with Crippen molar-refractivity contribution >= 4 is 5.97 Å². The fourth-order valence-corrected chi connectivity index (χ4v) is 2.63. The zero-order valence-electron chi connectivity index (χ0n) is 9.87. The monoisotopic (exact) mass is 212 g/mol. The molecule has 0 aliphatic heterocycles. The second-order valence-electron chi connectivity index (χ2n) is 4.96. The Morgan fingerprint density at radius 1 is 1.13 bits per heavy atom. The van der Waals surface area contributed by atoms with E-state index in [4.69, 9.17) is 5.11 Å². The van der Waals surface area contributed by atoms with Gasteiger partial charge in [-0.2, -0.15) is 0 Å². The maximum Gasteiger partial charge on any atom is 0.303 e. The highest BCUT2D eigenvalue weighted by molar-refractivity contribution is 5.66. The number of carbonyl (C=O) groups is 1. The van der Waals surface area contributed by atoms with Gasteiger partial charge in [-0.25, -0.2) is 0 Å². The van der Waals surface area contributed by atoms with Crippen LogP contribution >= 0.6 is 0 Å². The SMILES string of the molecule is CCCC[C@H]1CC[C@H](CCC(=O)O)CC1. The van der Waals surface area contributed by atoms with Gasteiger partial charge in [-0.1, -0.05) is 51.9 Å². The van der Waals surface area contributed by atoms with Crippen molar-refractivity contribution in [1.29, 1.82) is 0 Å². The maximum absolute atomic E-state index is 10.4. The van der Waals surface area contributed by atoms with Crippen molar-refractivity contribution in [3.63, 3.8) is 0 Å². The molecule has 0 aromatic rings. The molecule has 1 N–H and O–H groups in total. The summed E-state index contributed by atoms with van der Waals surface area (Å²) in [6.45, 7) is 2.25. The molecule has 1 saturated carbocycles. The van der Waals surface area contributed by atoms with E-state index >= 15 is 0 Å². The van der Waals surface area contributed by atoms with E-state index in [-0.39, 0.29) is 0 Å². The number of hydrogen-bond donors (Lipinski definition) is 1. The third kappa shape index (κ3) is 5.19. The van der Waals surface area contributed by atoms with Gasteiger partial charge in [0.2, 0.25) is 0 Å². The summed E-state index contributed by atoms with van der Waals surface area (Å²) in [5.74, 6) is 0.994. The molecule has 2 heteroatoms. The highest BCUT2D eigenvalue weighted by Gasteiger charge is 2.20. The van der Waals surface area contributed by atoms with E-state index in [1.165, 1.54) is 44.9 Å². The minimum Gasteiger partial charge on any atom is -0.481 e. The number of hydrogen-bond acceptors (Lipinski definition) is 1. The molecule has 0 heterocycles. The zero-order valence-corrected chi connectivity index (χ0v) is 9.87. The molecule has 0 aromatic carbocycles. The Morgan fingerprint density at radius 3 is 2.13 bits per heavy atom. The Kier molecular flexibility index (Phi) is 5.74. The molecule has 0 spiro atoms. The summed E-state index contributed by atoms with van der Waals surface area (Å²) in [5, 5.41) is 8.61. The maximum atomic E-state index is 10.4. The van der Waals surface area contributed by atoms with E-state index in [2.05, 4.69) is 6.92 Å². The number of carboxylic acid groups (broad SMARTS) is 1. The molecule has 0 amide bonds. The van der Waals surface area contributed by atoms with Crippen LogP contribution in [-0.2, 0) is 4.79 Å². The van der Waals surface area contributed by atoms with Crippen LogP contribution in [0.2, 0.25) is 0 Å². The van der Waals surface area contributed by atoms with Crippen LogP contribution in [0, 0.1) is 11.8 Å². The van der Waals surface area contributed by atoms with Gasteiger partial charge in [0, 0.05) is 6.42 Å². The van der Waals surface area contributed by atoms with Crippen LogP contribution in [-0.4, -0.2) is 11.1 Å². The highest BCUT2D eigenvalue weighted by atomic mass is 16.4. The van der Waals surface area contributed by atoms with Crippen LogP contribution in [0.1, 0.15) is 64.7 Å². The van der Waals surface area contributed by atoms with Crippen molar-refractivity contribution in [2.24, 2.45) is 11.8 Å². The fraction of sp³-hybridized carbons (Fsp3) is 0.923. The molecule has 1 aliphatic rings. The van der Waals surface area contributed by atoms with Crippen molar-refractivity contribution in [1.82, 2.24) is 0 Å². The Bertz CT molecular complexity index is 181. The van der Waals surface area contributed by atoms with Crippen molar-refractivity contribution in [3.8, 4) is 0 Å². The highest BCUT2D eigenvalue weighted by Crippen LogP contribution is 2.33. The summed E-state index contributed by atoms with van der Waals surface area (Å²) in [5.41, 5.74) is 0. The van der Waals surface area contributed by atoms with Crippen LogP contribution in [0.5, 0.6) is 0 Å². The van der Waals surface area contributed by atoms with E-state index in [1.54, 1.807) is 0 Å². The van der Waals surface area contributed by atoms with Gasteiger partial charge in [0.25, 0.3) is 0 Å². The Morgan fingerprint density at radius 2 is 1.67 bits per heavy atom. The summed E-state index contributed by atoms with van der Waals surface area (Å²) in [7, 11) is 0. The summed E-state index contributed by atoms with van der Waals surface area (Å²) in [4.78, 5) is 10.4. The molecule has 0 aromatic heterocycles. The van der Waals surface area contributed by atoms with Crippen LogP contribution in [0.3, 0.4) is 0 Å². The van der Waals surface area contributed by atoms with E-state index in [9.17, 15) is 4.79 Å². The minimum absolute atomic E-state index is 0.365. The topological polar surface area (TPSA) is 37.3 Å². The van der Waals surface area contributed by atoms with E-state index < -0.39 is 5.97 Å². The summed E-state index contributed by atoms with van der Waals surface area (Å²) in [6, 6.07) is 0. The first kappa shape index (κ1) is 12.5. The third-order valence-corrected chi connectivity index (χ3v) is 3.70. The molecule has 88 valence electrons. The molecule has 15 heavy (non-hydrogen) atoms. The lowest BCUT2D eigenvalue weighted by Gasteiger charge is -2.28. The second kappa shape index (κ2) is 6.86. The van der Waals surface area contributed by atoms with Crippen LogP contribution in [0.25, 0.3) is 0 Å². The number of unbranched alkanes of at least 4 members (excludes halogenated alkanes) is 1.